The van der Waals surface area contributed by atoms with Crippen LogP contribution >= 0.6 is 12.4 Å². The van der Waals surface area contributed by atoms with Crippen molar-refractivity contribution in [3.8, 4) is 0 Å². The van der Waals surface area contributed by atoms with Crippen LogP contribution in [-0.2, 0) is 5.54 Å². The Morgan fingerprint density at radius 2 is 1.23 bits per heavy atom. The summed E-state index contributed by atoms with van der Waals surface area (Å²) >= 11 is 0. The summed E-state index contributed by atoms with van der Waals surface area (Å²) in [5.41, 5.74) is 13.6. The molecule has 0 saturated heterocycles. The second-order valence-corrected chi connectivity index (χ2v) is 7.32. The molecule has 0 aliphatic heterocycles. The lowest BCUT2D eigenvalue weighted by Crippen LogP contribution is -2.51. The van der Waals surface area contributed by atoms with Crippen LogP contribution in [0.15, 0.2) is 96.0 Å². The minimum Gasteiger partial charge on any atom is -0.395 e. The second-order valence-electron chi connectivity index (χ2n) is 7.32. The van der Waals surface area contributed by atoms with Gasteiger partial charge in [0.15, 0.2) is 5.96 Å². The van der Waals surface area contributed by atoms with Crippen LogP contribution in [0, 0.1) is 0 Å². The first kappa shape index (κ1) is 24.4. The molecule has 1 atom stereocenters. The van der Waals surface area contributed by atoms with Crippen LogP contribution < -0.4 is 16.8 Å². The first-order valence-electron chi connectivity index (χ1n) is 10.3. The van der Waals surface area contributed by atoms with E-state index < -0.39 is 5.54 Å². The number of aliphatic imine (C=N–C) groups is 1. The number of nitrogens with two attached hydrogens (primary N) is 2. The first-order valence-corrected chi connectivity index (χ1v) is 10.3. The summed E-state index contributed by atoms with van der Waals surface area (Å²) in [6.45, 7) is 0.547. The molecule has 0 bridgehead atoms. The van der Waals surface area contributed by atoms with Gasteiger partial charge in [0.1, 0.15) is 0 Å². The van der Waals surface area contributed by atoms with Crippen LogP contribution in [-0.4, -0.2) is 30.3 Å². The molecular formula is C25H31ClN4O. The third-order valence-electron chi connectivity index (χ3n) is 5.27. The molecule has 0 aliphatic carbocycles. The third kappa shape index (κ3) is 6.07. The third-order valence-corrected chi connectivity index (χ3v) is 5.27. The van der Waals surface area contributed by atoms with E-state index in [1.54, 1.807) is 0 Å². The van der Waals surface area contributed by atoms with Crippen molar-refractivity contribution >= 4 is 18.4 Å². The van der Waals surface area contributed by atoms with E-state index in [4.69, 9.17) is 11.5 Å². The molecule has 0 spiro atoms. The number of hydrogen-bond donors (Lipinski definition) is 4. The summed E-state index contributed by atoms with van der Waals surface area (Å²) in [4.78, 5) is 4.06. The summed E-state index contributed by atoms with van der Waals surface area (Å²) < 4.78 is 0. The molecule has 0 aliphatic rings. The average molecular weight is 439 g/mol. The molecule has 3 aromatic rings. The van der Waals surface area contributed by atoms with Crippen LogP contribution in [0.5, 0.6) is 0 Å². The molecule has 0 heterocycles. The molecular weight excluding hydrogens is 408 g/mol. The zero-order chi connectivity index (χ0) is 21.2. The van der Waals surface area contributed by atoms with Crippen molar-refractivity contribution in [2.75, 3.05) is 13.2 Å². The van der Waals surface area contributed by atoms with E-state index in [1.165, 1.54) is 0 Å². The number of nitrogens with zero attached hydrogens (tertiary/aromatic N) is 1. The molecule has 0 fully saturated rings. The highest BCUT2D eigenvalue weighted by atomic mass is 35.5. The number of guanidine groups is 1. The minimum absolute atomic E-state index is 0. The lowest BCUT2D eigenvalue weighted by molar-refractivity contribution is 0.213. The minimum atomic E-state index is -0.604. The number of nitrogens with one attached hydrogen (secondary N) is 1. The predicted molar refractivity (Wildman–Crippen MR) is 130 cm³/mol. The van der Waals surface area contributed by atoms with Gasteiger partial charge in [-0.25, -0.2) is 0 Å². The van der Waals surface area contributed by atoms with Gasteiger partial charge in [0, 0.05) is 12.6 Å². The fraction of sp³-hybridized carbons (Fsp3) is 0.240. The molecule has 3 rings (SSSR count). The normalized spacial score (nSPS) is 11.9. The summed E-state index contributed by atoms with van der Waals surface area (Å²) in [6, 6.07) is 30.9. The highest BCUT2D eigenvalue weighted by molar-refractivity contribution is 5.85. The van der Waals surface area contributed by atoms with Crippen LogP contribution in [0.2, 0.25) is 0 Å². The van der Waals surface area contributed by atoms with Gasteiger partial charge in [-0.2, -0.15) is 0 Å². The molecule has 31 heavy (non-hydrogen) atoms. The largest absolute Gasteiger partial charge is 0.395 e. The zero-order valence-corrected chi connectivity index (χ0v) is 18.3. The Labute approximate surface area is 190 Å². The van der Waals surface area contributed by atoms with Crippen LogP contribution in [0.25, 0.3) is 0 Å². The monoisotopic (exact) mass is 438 g/mol. The highest BCUT2D eigenvalue weighted by Crippen LogP contribution is 2.37. The van der Waals surface area contributed by atoms with Crippen LogP contribution in [0.4, 0.5) is 0 Å². The smallest absolute Gasteiger partial charge is 0.185 e. The number of aliphatic hydroxyl groups excluding tert-OH is 1. The molecule has 5 nitrogen and oxygen atoms in total. The second kappa shape index (κ2) is 12.1. The molecule has 0 saturated carbocycles. The summed E-state index contributed by atoms with van der Waals surface area (Å²) in [7, 11) is 0. The predicted octanol–water partition coefficient (Wildman–Crippen LogP) is 3.40. The van der Waals surface area contributed by atoms with E-state index in [0.29, 0.717) is 6.54 Å². The maximum Gasteiger partial charge on any atom is 0.185 e. The lowest BCUT2D eigenvalue weighted by atomic mass is 9.76. The Hall–Kier alpha value is -2.86. The Morgan fingerprint density at radius 1 is 0.806 bits per heavy atom. The molecule has 0 unspecified atom stereocenters. The Morgan fingerprint density at radius 3 is 1.58 bits per heavy atom. The van der Waals surface area contributed by atoms with Crippen molar-refractivity contribution in [2.24, 2.45) is 16.5 Å². The van der Waals surface area contributed by atoms with Crippen molar-refractivity contribution < 1.29 is 5.11 Å². The van der Waals surface area contributed by atoms with E-state index in [1.807, 2.05) is 54.6 Å². The van der Waals surface area contributed by atoms with Gasteiger partial charge < -0.3 is 16.6 Å². The number of hydrogen-bond acceptors (Lipinski definition) is 3. The van der Waals surface area contributed by atoms with E-state index in [9.17, 15) is 5.11 Å². The average Bonchev–Trinajstić information content (AvgIpc) is 2.80. The molecule has 6 heteroatoms. The summed E-state index contributed by atoms with van der Waals surface area (Å²) in [6.07, 6.45) is 1.51. The van der Waals surface area contributed by atoms with E-state index in [2.05, 4.69) is 46.7 Å². The number of aliphatic hydroxyl groups is 1. The van der Waals surface area contributed by atoms with Gasteiger partial charge in [0.2, 0.25) is 0 Å². The van der Waals surface area contributed by atoms with Gasteiger partial charge in [-0.05, 0) is 29.5 Å². The van der Waals surface area contributed by atoms with E-state index in [-0.39, 0.29) is 31.0 Å². The number of benzene rings is 3. The van der Waals surface area contributed by atoms with Gasteiger partial charge in [0.05, 0.1) is 12.1 Å². The van der Waals surface area contributed by atoms with Crippen LogP contribution in [0.1, 0.15) is 29.5 Å². The quantitative estimate of drug-likeness (QED) is 0.169. The van der Waals surface area contributed by atoms with Crippen molar-refractivity contribution in [2.45, 2.75) is 24.4 Å². The fourth-order valence-corrected chi connectivity index (χ4v) is 3.88. The molecule has 0 amide bonds. The fourth-order valence-electron chi connectivity index (χ4n) is 3.88. The molecule has 0 radical (unpaired) electrons. The maximum atomic E-state index is 10.2. The van der Waals surface area contributed by atoms with Crippen molar-refractivity contribution in [1.29, 1.82) is 0 Å². The van der Waals surface area contributed by atoms with Crippen molar-refractivity contribution in [1.82, 2.24) is 5.32 Å². The van der Waals surface area contributed by atoms with E-state index in [0.717, 1.165) is 29.5 Å². The molecule has 164 valence electrons. The topological polar surface area (TPSA) is 96.7 Å². The van der Waals surface area contributed by atoms with Gasteiger partial charge in [-0.15, -0.1) is 12.4 Å². The molecule has 3 aromatic carbocycles. The standard InChI is InChI=1S/C25H30N4O.ClH/c26-24(27)28-18-10-17-23(19-30)29-25(20-11-4-1-5-12-20,21-13-6-2-7-14-21)22-15-8-3-9-16-22;/h1-9,11-16,23,29-30H,10,17-19H2,(H4,26,27,28);1H/t23-;/m0./s1. The number of rotatable bonds is 10. The number of halogens is 1. The Balaban J connectivity index is 0.00000341. The van der Waals surface area contributed by atoms with E-state index >= 15 is 0 Å². The lowest BCUT2D eigenvalue weighted by Gasteiger charge is -2.40. The van der Waals surface area contributed by atoms with Crippen molar-refractivity contribution in [3.05, 3.63) is 108 Å². The summed E-state index contributed by atoms with van der Waals surface area (Å²) in [5.74, 6) is 0.0933. The Bertz CT molecular complexity index is 819. The van der Waals surface area contributed by atoms with Crippen LogP contribution in [0.3, 0.4) is 0 Å². The zero-order valence-electron chi connectivity index (χ0n) is 17.5. The highest BCUT2D eigenvalue weighted by Gasteiger charge is 2.37. The SMILES string of the molecule is Cl.NC(N)=NCCC[C@@H](CO)NC(c1ccccc1)(c1ccccc1)c1ccccc1. The Kier molecular flexibility index (Phi) is 9.53. The molecule has 0 aromatic heterocycles. The van der Waals surface area contributed by atoms with Gasteiger partial charge in [-0.3, -0.25) is 10.3 Å². The van der Waals surface area contributed by atoms with Gasteiger partial charge in [-0.1, -0.05) is 91.0 Å². The summed E-state index contributed by atoms with van der Waals surface area (Å²) in [5, 5.41) is 14.0. The van der Waals surface area contributed by atoms with Gasteiger partial charge in [0.25, 0.3) is 0 Å². The molecule has 6 N–H and O–H groups in total. The maximum absolute atomic E-state index is 10.2. The van der Waals surface area contributed by atoms with Gasteiger partial charge >= 0.3 is 0 Å². The van der Waals surface area contributed by atoms with Crippen molar-refractivity contribution in [3.63, 3.8) is 0 Å². The first-order chi connectivity index (χ1) is 14.7.